The van der Waals surface area contributed by atoms with Gasteiger partial charge in [-0.15, -0.1) is 0 Å². The van der Waals surface area contributed by atoms with Gasteiger partial charge in [-0.25, -0.2) is 4.79 Å². The number of hydrogen-bond donors (Lipinski definition) is 1. The van der Waals surface area contributed by atoms with E-state index in [-0.39, 0.29) is 25.7 Å². The number of benzene rings is 3. The second-order valence-corrected chi connectivity index (χ2v) is 8.79. The lowest BCUT2D eigenvalue weighted by Gasteiger charge is -2.38. The Labute approximate surface area is 202 Å². The highest BCUT2D eigenvalue weighted by Gasteiger charge is 2.55. The number of para-hydroxylation sites is 3. The minimum atomic E-state index is -1.23. The van der Waals surface area contributed by atoms with Gasteiger partial charge in [0.05, 0.1) is 18.3 Å². The van der Waals surface area contributed by atoms with E-state index in [4.69, 9.17) is 9.47 Å². The number of urea groups is 1. The molecule has 0 aromatic heterocycles. The lowest BCUT2D eigenvalue weighted by Crippen LogP contribution is -2.49. The SMILES string of the molecule is O=C1N[C@@]2(CCOc3ccccc32)C(=O)N1CC(=O)N1c2ccccc2OC[C@H]1c1ccccc1. The van der Waals surface area contributed by atoms with Crippen molar-refractivity contribution in [3.8, 4) is 11.5 Å². The van der Waals surface area contributed by atoms with E-state index in [0.717, 1.165) is 10.5 Å². The van der Waals surface area contributed by atoms with Crippen LogP contribution >= 0.6 is 0 Å². The average Bonchev–Trinajstić information content (AvgIpc) is 3.13. The van der Waals surface area contributed by atoms with Gasteiger partial charge < -0.3 is 14.8 Å². The molecule has 8 nitrogen and oxygen atoms in total. The maximum Gasteiger partial charge on any atom is 0.325 e. The maximum atomic E-state index is 13.8. The van der Waals surface area contributed by atoms with Crippen molar-refractivity contribution in [1.29, 1.82) is 0 Å². The van der Waals surface area contributed by atoms with Crippen LogP contribution in [0.5, 0.6) is 11.5 Å². The number of rotatable bonds is 3. The van der Waals surface area contributed by atoms with E-state index in [0.29, 0.717) is 29.2 Å². The number of nitrogens with one attached hydrogen (secondary N) is 1. The molecule has 3 heterocycles. The van der Waals surface area contributed by atoms with Gasteiger partial charge >= 0.3 is 6.03 Å². The molecule has 0 aliphatic carbocycles. The van der Waals surface area contributed by atoms with Gasteiger partial charge in [-0.3, -0.25) is 19.4 Å². The molecule has 6 rings (SSSR count). The van der Waals surface area contributed by atoms with Gasteiger partial charge in [0.25, 0.3) is 5.91 Å². The Morgan fingerprint density at radius 3 is 2.46 bits per heavy atom. The third kappa shape index (κ3) is 3.32. The number of amides is 4. The first kappa shape index (κ1) is 21.2. The van der Waals surface area contributed by atoms with Crippen LogP contribution in [0.1, 0.15) is 23.6 Å². The number of fused-ring (bicyclic) bond motifs is 3. The van der Waals surface area contributed by atoms with Crippen molar-refractivity contribution in [1.82, 2.24) is 10.2 Å². The van der Waals surface area contributed by atoms with Gasteiger partial charge in [0.2, 0.25) is 5.91 Å². The molecule has 2 atom stereocenters. The van der Waals surface area contributed by atoms with E-state index in [1.807, 2.05) is 54.6 Å². The molecule has 0 bridgehead atoms. The van der Waals surface area contributed by atoms with Crippen LogP contribution in [0.2, 0.25) is 0 Å². The maximum absolute atomic E-state index is 13.8. The van der Waals surface area contributed by atoms with E-state index < -0.39 is 23.5 Å². The Balaban J connectivity index is 1.33. The van der Waals surface area contributed by atoms with Crippen LogP contribution < -0.4 is 19.7 Å². The van der Waals surface area contributed by atoms with Crippen molar-refractivity contribution in [2.24, 2.45) is 0 Å². The molecule has 1 spiro atoms. The third-order valence-corrected chi connectivity index (χ3v) is 6.84. The molecule has 1 fully saturated rings. The summed E-state index contributed by atoms with van der Waals surface area (Å²) in [5.74, 6) is 0.340. The number of hydrogen-bond acceptors (Lipinski definition) is 5. The van der Waals surface area contributed by atoms with Crippen molar-refractivity contribution in [3.05, 3.63) is 90.0 Å². The lowest BCUT2D eigenvalue weighted by molar-refractivity contribution is -0.135. The highest BCUT2D eigenvalue weighted by atomic mass is 16.5. The van der Waals surface area contributed by atoms with Crippen molar-refractivity contribution < 1.29 is 23.9 Å². The van der Waals surface area contributed by atoms with E-state index in [9.17, 15) is 14.4 Å². The summed E-state index contributed by atoms with van der Waals surface area (Å²) in [6.45, 7) is 0.173. The fourth-order valence-electron chi connectivity index (χ4n) is 5.14. The van der Waals surface area contributed by atoms with Crippen LogP contribution in [-0.2, 0) is 15.1 Å². The zero-order valence-electron chi connectivity index (χ0n) is 18.8. The summed E-state index contributed by atoms with van der Waals surface area (Å²) in [5, 5.41) is 2.86. The van der Waals surface area contributed by atoms with E-state index in [1.54, 1.807) is 29.2 Å². The Hall–Kier alpha value is -4.33. The highest BCUT2D eigenvalue weighted by molar-refractivity contribution is 6.11. The summed E-state index contributed by atoms with van der Waals surface area (Å²) in [6.07, 6.45) is 0.298. The molecular weight excluding hydrogens is 446 g/mol. The normalized spacial score (nSPS) is 22.7. The summed E-state index contributed by atoms with van der Waals surface area (Å²) >= 11 is 0. The molecule has 0 radical (unpaired) electrons. The fourth-order valence-corrected chi connectivity index (χ4v) is 5.14. The monoisotopic (exact) mass is 469 g/mol. The average molecular weight is 469 g/mol. The summed E-state index contributed by atoms with van der Waals surface area (Å²) < 4.78 is 11.6. The number of anilines is 1. The smallest absolute Gasteiger partial charge is 0.325 e. The molecule has 3 aliphatic rings. The zero-order chi connectivity index (χ0) is 24.0. The van der Waals surface area contributed by atoms with E-state index in [2.05, 4.69) is 5.32 Å². The Morgan fingerprint density at radius 1 is 0.914 bits per heavy atom. The van der Waals surface area contributed by atoms with Gasteiger partial charge in [0.1, 0.15) is 24.7 Å². The van der Waals surface area contributed by atoms with Gasteiger partial charge in [0.15, 0.2) is 5.54 Å². The minimum Gasteiger partial charge on any atom is -0.493 e. The molecule has 0 unspecified atom stereocenters. The number of carbonyl (C=O) groups excluding carboxylic acids is 3. The summed E-state index contributed by atoms with van der Waals surface area (Å²) in [4.78, 5) is 43.1. The fraction of sp³-hybridized carbons (Fsp3) is 0.222. The Morgan fingerprint density at radius 2 is 1.63 bits per heavy atom. The van der Waals surface area contributed by atoms with E-state index >= 15 is 0 Å². The predicted molar refractivity (Wildman–Crippen MR) is 127 cm³/mol. The number of carbonyl (C=O) groups is 3. The van der Waals surface area contributed by atoms with Crippen molar-refractivity contribution in [2.75, 3.05) is 24.7 Å². The van der Waals surface area contributed by atoms with Crippen LogP contribution in [0, 0.1) is 0 Å². The predicted octanol–water partition coefficient (Wildman–Crippen LogP) is 3.38. The van der Waals surface area contributed by atoms with Gasteiger partial charge in [-0.2, -0.15) is 0 Å². The first-order valence-electron chi connectivity index (χ1n) is 11.5. The first-order chi connectivity index (χ1) is 17.1. The highest BCUT2D eigenvalue weighted by Crippen LogP contribution is 2.42. The zero-order valence-corrected chi connectivity index (χ0v) is 18.8. The molecule has 1 N–H and O–H groups in total. The first-order valence-corrected chi connectivity index (χ1v) is 11.5. The minimum absolute atomic E-state index is 0.265. The van der Waals surface area contributed by atoms with Crippen LogP contribution in [0.3, 0.4) is 0 Å². The molecular formula is C27H23N3O5. The number of nitrogens with zero attached hydrogens (tertiary/aromatic N) is 2. The Kier molecular flexibility index (Phi) is 4.95. The van der Waals surface area contributed by atoms with Crippen LogP contribution in [0.4, 0.5) is 10.5 Å². The van der Waals surface area contributed by atoms with Gasteiger partial charge in [0, 0.05) is 12.0 Å². The molecule has 1 saturated heterocycles. The summed E-state index contributed by atoms with van der Waals surface area (Å²) in [7, 11) is 0. The number of ether oxygens (including phenoxy) is 2. The third-order valence-electron chi connectivity index (χ3n) is 6.84. The topological polar surface area (TPSA) is 88.2 Å². The largest absolute Gasteiger partial charge is 0.493 e. The molecule has 4 amide bonds. The second kappa shape index (κ2) is 8.16. The second-order valence-electron chi connectivity index (χ2n) is 8.79. The quantitative estimate of drug-likeness (QED) is 0.594. The van der Waals surface area contributed by atoms with Gasteiger partial charge in [-0.05, 0) is 23.8 Å². The summed E-state index contributed by atoms with van der Waals surface area (Å²) in [6, 6.07) is 23.1. The molecule has 3 aromatic rings. The molecule has 0 saturated carbocycles. The molecule has 35 heavy (non-hydrogen) atoms. The molecule has 3 aromatic carbocycles. The standard InChI is InChI=1S/C27H23N3O5/c31-24(30-20-11-5-7-13-23(20)35-17-21(30)18-8-2-1-3-9-18)16-29-25(32)27(28-26(29)33)14-15-34-22-12-6-4-10-19(22)27/h1-13,21H,14-17H2,(H,28,33)/t21-,27+/m0/s1. The lowest BCUT2D eigenvalue weighted by atomic mass is 9.84. The summed E-state index contributed by atoms with van der Waals surface area (Å²) in [5.41, 5.74) is 0.894. The van der Waals surface area contributed by atoms with Gasteiger partial charge in [-0.1, -0.05) is 60.7 Å². The van der Waals surface area contributed by atoms with Crippen LogP contribution in [-0.4, -0.2) is 42.5 Å². The van der Waals surface area contributed by atoms with Crippen molar-refractivity contribution >= 4 is 23.5 Å². The molecule has 8 heteroatoms. The van der Waals surface area contributed by atoms with Crippen molar-refractivity contribution in [2.45, 2.75) is 18.0 Å². The van der Waals surface area contributed by atoms with Crippen LogP contribution in [0.15, 0.2) is 78.9 Å². The molecule has 3 aliphatic heterocycles. The van der Waals surface area contributed by atoms with Crippen LogP contribution in [0.25, 0.3) is 0 Å². The van der Waals surface area contributed by atoms with Crippen molar-refractivity contribution in [3.63, 3.8) is 0 Å². The molecule has 176 valence electrons. The number of imide groups is 1. The van der Waals surface area contributed by atoms with E-state index in [1.165, 1.54) is 0 Å². The Bertz CT molecular complexity index is 1330.